The maximum atomic E-state index is 11.6. The number of alkyl carbamates (subject to hydrolysis) is 2. The Morgan fingerprint density at radius 1 is 0.852 bits per heavy atom. The number of carbonyl (C=O) groups is 2. The minimum atomic E-state index is -0.510. The number of rotatable bonds is 10. The second-order valence-electron chi connectivity index (χ2n) is 8.31. The number of hydrogen-bond acceptors (Lipinski definition) is 6. The lowest BCUT2D eigenvalue weighted by Gasteiger charge is -2.23. The normalized spacial score (nSPS) is 11.6. The molecule has 0 saturated heterocycles. The van der Waals surface area contributed by atoms with E-state index < -0.39 is 23.4 Å². The van der Waals surface area contributed by atoms with Crippen molar-refractivity contribution >= 4 is 12.2 Å². The summed E-state index contributed by atoms with van der Waals surface area (Å²) in [4.78, 5) is 25.4. The summed E-state index contributed by atoms with van der Waals surface area (Å²) >= 11 is 0. The number of nitriles is 1. The van der Waals surface area contributed by atoms with Crippen LogP contribution < -0.4 is 10.6 Å². The minimum Gasteiger partial charge on any atom is -0.444 e. The predicted molar refractivity (Wildman–Crippen MR) is 104 cm³/mol. The SMILES string of the molecule is CC(C)(C)OC(=O)NCCCN(CCC#N)CCCNC(=O)OC(C)(C)C. The third-order valence-electron chi connectivity index (χ3n) is 3.18. The maximum absolute atomic E-state index is 11.6. The molecule has 8 nitrogen and oxygen atoms in total. The monoisotopic (exact) mass is 384 g/mol. The van der Waals surface area contributed by atoms with E-state index in [-0.39, 0.29) is 0 Å². The quantitative estimate of drug-likeness (QED) is 0.561. The fraction of sp³-hybridized carbons (Fsp3) is 0.842. The summed E-state index contributed by atoms with van der Waals surface area (Å²) in [7, 11) is 0. The van der Waals surface area contributed by atoms with Gasteiger partial charge in [0.25, 0.3) is 0 Å². The number of nitrogens with one attached hydrogen (secondary N) is 2. The van der Waals surface area contributed by atoms with Gasteiger partial charge in [0.15, 0.2) is 0 Å². The predicted octanol–water partition coefficient (Wildman–Crippen LogP) is 3.03. The van der Waals surface area contributed by atoms with Crippen LogP contribution in [0.5, 0.6) is 0 Å². The molecule has 0 aliphatic rings. The summed E-state index contributed by atoms with van der Waals surface area (Å²) in [5, 5.41) is 14.3. The molecule has 0 radical (unpaired) electrons. The molecule has 0 spiro atoms. The molecule has 156 valence electrons. The van der Waals surface area contributed by atoms with Gasteiger partial charge in [0.05, 0.1) is 6.07 Å². The zero-order chi connectivity index (χ0) is 20.9. The Labute approximate surface area is 163 Å². The van der Waals surface area contributed by atoms with Gasteiger partial charge in [-0.15, -0.1) is 0 Å². The molecule has 0 saturated carbocycles. The van der Waals surface area contributed by atoms with E-state index in [1.165, 1.54) is 0 Å². The van der Waals surface area contributed by atoms with Gasteiger partial charge >= 0.3 is 12.2 Å². The van der Waals surface area contributed by atoms with E-state index in [1.54, 1.807) is 0 Å². The lowest BCUT2D eigenvalue weighted by atomic mass is 10.2. The average molecular weight is 385 g/mol. The topological polar surface area (TPSA) is 104 Å². The lowest BCUT2D eigenvalue weighted by Crippen LogP contribution is -2.36. The van der Waals surface area contributed by atoms with Crippen molar-refractivity contribution in [3.05, 3.63) is 0 Å². The molecule has 0 bridgehead atoms. The first-order valence-electron chi connectivity index (χ1n) is 9.46. The van der Waals surface area contributed by atoms with Crippen molar-refractivity contribution in [1.82, 2.24) is 15.5 Å². The van der Waals surface area contributed by atoms with Crippen molar-refractivity contribution in [2.75, 3.05) is 32.7 Å². The van der Waals surface area contributed by atoms with Crippen LogP contribution in [-0.2, 0) is 9.47 Å². The summed E-state index contributed by atoms with van der Waals surface area (Å²) in [6, 6.07) is 2.15. The van der Waals surface area contributed by atoms with Crippen molar-refractivity contribution < 1.29 is 19.1 Å². The van der Waals surface area contributed by atoms with Gasteiger partial charge in [-0.2, -0.15) is 5.26 Å². The van der Waals surface area contributed by atoms with Gasteiger partial charge in [-0.1, -0.05) is 0 Å². The van der Waals surface area contributed by atoms with Crippen LogP contribution in [0.25, 0.3) is 0 Å². The van der Waals surface area contributed by atoms with E-state index in [4.69, 9.17) is 14.7 Å². The number of carbonyl (C=O) groups excluding carboxylic acids is 2. The number of nitrogens with zero attached hydrogens (tertiary/aromatic N) is 2. The van der Waals surface area contributed by atoms with Gasteiger partial charge in [0, 0.05) is 26.1 Å². The molecule has 0 aromatic heterocycles. The maximum Gasteiger partial charge on any atom is 0.407 e. The zero-order valence-corrected chi connectivity index (χ0v) is 17.7. The highest BCUT2D eigenvalue weighted by Gasteiger charge is 2.16. The van der Waals surface area contributed by atoms with Crippen LogP contribution in [0.2, 0.25) is 0 Å². The summed E-state index contributed by atoms with van der Waals surface area (Å²) in [5.41, 5.74) is -1.02. The molecule has 0 atom stereocenters. The Hall–Kier alpha value is -2.01. The molecule has 8 heteroatoms. The van der Waals surface area contributed by atoms with Crippen LogP contribution >= 0.6 is 0 Å². The Morgan fingerprint density at radius 3 is 1.59 bits per heavy atom. The van der Waals surface area contributed by atoms with Crippen molar-refractivity contribution in [2.45, 2.75) is 72.0 Å². The van der Waals surface area contributed by atoms with E-state index in [9.17, 15) is 9.59 Å². The molecule has 0 aromatic rings. The first-order chi connectivity index (χ1) is 12.4. The largest absolute Gasteiger partial charge is 0.444 e. The zero-order valence-electron chi connectivity index (χ0n) is 17.7. The Balaban J connectivity index is 4.06. The standard InChI is InChI=1S/C19H36N4O4/c1-18(2,3)26-16(24)21-11-8-14-23(13-7-10-20)15-9-12-22-17(25)27-19(4,5)6/h7-9,11-15H2,1-6H3,(H,21,24)(H,22,25). The summed E-state index contributed by atoms with van der Waals surface area (Å²) in [6.07, 6.45) is 1.10. The second kappa shape index (κ2) is 12.4. The van der Waals surface area contributed by atoms with Crippen LogP contribution in [0.15, 0.2) is 0 Å². The molecule has 27 heavy (non-hydrogen) atoms. The number of ether oxygens (including phenoxy) is 2. The fourth-order valence-electron chi connectivity index (χ4n) is 2.16. The van der Waals surface area contributed by atoms with Gasteiger partial charge in [-0.05, 0) is 67.5 Å². The Bertz CT molecular complexity index is 453. The minimum absolute atomic E-state index is 0.423. The van der Waals surface area contributed by atoms with E-state index in [0.29, 0.717) is 26.1 Å². The molecule has 0 rings (SSSR count). The molecule has 0 aromatic carbocycles. The third-order valence-corrected chi connectivity index (χ3v) is 3.18. The van der Waals surface area contributed by atoms with E-state index in [1.807, 2.05) is 41.5 Å². The number of hydrogen-bond donors (Lipinski definition) is 2. The summed E-state index contributed by atoms with van der Waals surface area (Å²) in [5.74, 6) is 0. The summed E-state index contributed by atoms with van der Waals surface area (Å²) in [6.45, 7) is 14.1. The lowest BCUT2D eigenvalue weighted by molar-refractivity contribution is 0.0516. The molecule has 2 amide bonds. The van der Waals surface area contributed by atoms with Crippen LogP contribution in [-0.4, -0.2) is 61.0 Å². The molecular formula is C19H36N4O4. The van der Waals surface area contributed by atoms with Gasteiger partial charge in [0.2, 0.25) is 0 Å². The van der Waals surface area contributed by atoms with Gasteiger partial charge < -0.3 is 25.0 Å². The van der Waals surface area contributed by atoms with E-state index >= 15 is 0 Å². The Morgan fingerprint density at radius 2 is 1.26 bits per heavy atom. The first kappa shape index (κ1) is 25.0. The van der Waals surface area contributed by atoms with Gasteiger partial charge in [-0.25, -0.2) is 9.59 Å². The summed E-state index contributed by atoms with van der Waals surface area (Å²) < 4.78 is 10.4. The highest BCUT2D eigenvalue weighted by atomic mass is 16.6. The first-order valence-corrected chi connectivity index (χ1v) is 9.46. The second-order valence-corrected chi connectivity index (χ2v) is 8.31. The van der Waals surface area contributed by atoms with Crippen LogP contribution in [0, 0.1) is 11.3 Å². The Kier molecular flexibility index (Phi) is 11.5. The van der Waals surface area contributed by atoms with Crippen molar-refractivity contribution in [3.63, 3.8) is 0 Å². The van der Waals surface area contributed by atoms with E-state index in [2.05, 4.69) is 21.6 Å². The van der Waals surface area contributed by atoms with Crippen molar-refractivity contribution in [3.8, 4) is 6.07 Å². The van der Waals surface area contributed by atoms with Crippen molar-refractivity contribution in [1.29, 1.82) is 5.26 Å². The van der Waals surface area contributed by atoms with Crippen LogP contribution in [0.4, 0.5) is 9.59 Å². The number of amides is 2. The fourth-order valence-corrected chi connectivity index (χ4v) is 2.16. The van der Waals surface area contributed by atoms with Crippen LogP contribution in [0.1, 0.15) is 60.8 Å². The molecular weight excluding hydrogens is 348 g/mol. The molecule has 0 aliphatic heterocycles. The molecule has 2 N–H and O–H groups in total. The average Bonchev–Trinajstić information content (AvgIpc) is 2.48. The highest BCUT2D eigenvalue weighted by Crippen LogP contribution is 2.07. The molecule has 0 heterocycles. The third kappa shape index (κ3) is 17.2. The molecule has 0 unspecified atom stereocenters. The molecule has 0 aliphatic carbocycles. The van der Waals surface area contributed by atoms with Crippen molar-refractivity contribution in [2.24, 2.45) is 0 Å². The molecule has 0 fully saturated rings. The van der Waals surface area contributed by atoms with Crippen LogP contribution in [0.3, 0.4) is 0 Å². The van der Waals surface area contributed by atoms with Gasteiger partial charge in [0.1, 0.15) is 11.2 Å². The smallest absolute Gasteiger partial charge is 0.407 e. The highest BCUT2D eigenvalue weighted by molar-refractivity contribution is 5.67. The van der Waals surface area contributed by atoms with Gasteiger partial charge in [-0.3, -0.25) is 0 Å². The van der Waals surface area contributed by atoms with E-state index in [0.717, 1.165) is 25.9 Å².